The Morgan fingerprint density at radius 1 is 1.39 bits per heavy atom. The summed E-state index contributed by atoms with van der Waals surface area (Å²) in [5, 5.41) is 1.00. The number of hydrogen-bond donors (Lipinski definition) is 1. The highest BCUT2D eigenvalue weighted by Gasteiger charge is 2.18. The van der Waals surface area contributed by atoms with Crippen LogP contribution in [0.1, 0.15) is 49.4 Å². The monoisotopic (exact) mass is 336 g/mol. The zero-order chi connectivity index (χ0) is 18.0. The number of nitrogens with zero attached hydrogens (tertiary/aromatic N) is 3. The molecule has 0 spiro atoms. The molecule has 5 nitrogen and oxygen atoms in total. The molecular weight excluding hydrogens is 308 g/mol. The molecule has 0 aliphatic heterocycles. The van der Waals surface area contributed by atoms with Crippen LogP contribution in [0.2, 0.25) is 0 Å². The summed E-state index contributed by atoms with van der Waals surface area (Å²) in [6.07, 6.45) is 4.01. The first kappa shape index (κ1) is 21.0. The fourth-order valence-electron chi connectivity index (χ4n) is 1.85. The smallest absolute Gasteiger partial charge is 0.288 e. The van der Waals surface area contributed by atoms with E-state index in [0.717, 1.165) is 27.8 Å². The van der Waals surface area contributed by atoms with Gasteiger partial charge < -0.3 is 10.6 Å². The maximum Gasteiger partial charge on any atom is 0.288 e. The number of carbonyl (C=O) groups is 1. The Bertz CT molecular complexity index is 647. The standard InChI is InChI=1S/C12H14N4OS.C3H8.C2H6/c1-7-9-8(16(2)3)4-5-14-12(9)18-10(7)11(17)15-6-13;1-3-2;1-2/h4-6H,1-3H3,(H2,13,15,17);3H2,1-2H3;1-2H3. The molecule has 0 aromatic carbocycles. The molecule has 0 aliphatic rings. The Kier molecular flexibility index (Phi) is 9.81. The van der Waals surface area contributed by atoms with Crippen LogP contribution in [0.25, 0.3) is 10.2 Å². The van der Waals surface area contributed by atoms with Gasteiger partial charge in [0, 0.05) is 31.4 Å². The second-order valence-corrected chi connectivity index (χ2v) is 5.75. The van der Waals surface area contributed by atoms with Crippen molar-refractivity contribution in [1.82, 2.24) is 4.98 Å². The van der Waals surface area contributed by atoms with Gasteiger partial charge in [0.25, 0.3) is 5.91 Å². The molecule has 2 heterocycles. The van der Waals surface area contributed by atoms with Crippen molar-refractivity contribution in [2.75, 3.05) is 19.0 Å². The lowest BCUT2D eigenvalue weighted by Gasteiger charge is -2.13. The number of hydrogen-bond acceptors (Lipinski definition) is 4. The Morgan fingerprint density at radius 3 is 2.43 bits per heavy atom. The third kappa shape index (κ3) is 5.32. The van der Waals surface area contributed by atoms with Crippen molar-refractivity contribution in [2.45, 2.75) is 41.0 Å². The first-order valence-electron chi connectivity index (χ1n) is 7.81. The molecule has 0 fully saturated rings. The summed E-state index contributed by atoms with van der Waals surface area (Å²) in [7, 11) is 3.93. The summed E-state index contributed by atoms with van der Waals surface area (Å²) < 4.78 is 0. The van der Waals surface area contributed by atoms with Crippen molar-refractivity contribution < 1.29 is 4.79 Å². The van der Waals surface area contributed by atoms with E-state index in [1.54, 1.807) is 6.20 Å². The molecule has 128 valence electrons. The number of pyridine rings is 1. The molecule has 0 aliphatic carbocycles. The molecule has 0 atom stereocenters. The van der Waals surface area contributed by atoms with Crippen LogP contribution in [-0.2, 0) is 0 Å². The van der Waals surface area contributed by atoms with E-state index in [2.05, 4.69) is 23.8 Å². The molecule has 0 radical (unpaired) electrons. The van der Waals surface area contributed by atoms with Crippen LogP contribution in [0.4, 0.5) is 5.69 Å². The second kappa shape index (κ2) is 10.7. The molecule has 6 heteroatoms. The molecule has 2 N–H and O–H groups in total. The van der Waals surface area contributed by atoms with E-state index in [1.807, 2.05) is 45.8 Å². The number of rotatable bonds is 2. The van der Waals surface area contributed by atoms with Gasteiger partial charge in [-0.05, 0) is 18.6 Å². The quantitative estimate of drug-likeness (QED) is 0.657. The van der Waals surface area contributed by atoms with E-state index < -0.39 is 0 Å². The third-order valence-electron chi connectivity index (χ3n) is 2.68. The van der Waals surface area contributed by atoms with E-state index in [9.17, 15) is 4.79 Å². The van der Waals surface area contributed by atoms with Gasteiger partial charge in [-0.15, -0.1) is 11.3 Å². The van der Waals surface area contributed by atoms with Crippen LogP contribution in [0.5, 0.6) is 0 Å². The zero-order valence-corrected chi connectivity index (χ0v) is 16.0. The fourth-order valence-corrected chi connectivity index (χ4v) is 2.91. The van der Waals surface area contributed by atoms with Crippen LogP contribution < -0.4 is 10.6 Å². The molecule has 0 saturated heterocycles. The van der Waals surface area contributed by atoms with E-state index in [1.165, 1.54) is 17.8 Å². The molecule has 2 rings (SSSR count). The van der Waals surface area contributed by atoms with Gasteiger partial charge >= 0.3 is 0 Å². The van der Waals surface area contributed by atoms with Crippen molar-refractivity contribution in [1.29, 1.82) is 0 Å². The Hall–Kier alpha value is -1.95. The topological polar surface area (TPSA) is 71.6 Å². The minimum Gasteiger partial charge on any atom is -0.390 e. The van der Waals surface area contributed by atoms with Gasteiger partial charge in [-0.1, -0.05) is 34.1 Å². The van der Waals surface area contributed by atoms with Crippen molar-refractivity contribution in [3.8, 4) is 0 Å². The predicted octanol–water partition coefficient (Wildman–Crippen LogP) is 4.24. The summed E-state index contributed by atoms with van der Waals surface area (Å²) in [5.74, 6) is -0.317. The Morgan fingerprint density at radius 2 is 1.96 bits per heavy atom. The van der Waals surface area contributed by atoms with E-state index in [-0.39, 0.29) is 5.91 Å². The van der Waals surface area contributed by atoms with Gasteiger partial charge in [0.15, 0.2) is 0 Å². The number of fused-ring (bicyclic) bond motifs is 1. The maximum atomic E-state index is 11.8. The summed E-state index contributed by atoms with van der Waals surface area (Å²) >= 11 is 1.35. The van der Waals surface area contributed by atoms with Crippen molar-refractivity contribution >= 4 is 39.5 Å². The maximum absolute atomic E-state index is 11.8. The summed E-state index contributed by atoms with van der Waals surface area (Å²) in [4.78, 5) is 23.2. The number of thiophene rings is 1. The number of aromatic nitrogens is 1. The lowest BCUT2D eigenvalue weighted by molar-refractivity contribution is 0.101. The van der Waals surface area contributed by atoms with Gasteiger partial charge in [0.1, 0.15) is 9.71 Å². The Balaban J connectivity index is 0.000000868. The van der Waals surface area contributed by atoms with Crippen LogP contribution in [0.15, 0.2) is 17.3 Å². The highest BCUT2D eigenvalue weighted by Crippen LogP contribution is 2.35. The first-order chi connectivity index (χ1) is 11.0. The molecule has 0 saturated carbocycles. The van der Waals surface area contributed by atoms with Gasteiger partial charge in [-0.3, -0.25) is 4.79 Å². The van der Waals surface area contributed by atoms with Gasteiger partial charge in [0.2, 0.25) is 0 Å². The van der Waals surface area contributed by atoms with Crippen molar-refractivity contribution in [2.24, 2.45) is 10.7 Å². The molecular formula is C17H28N4OS. The number of aryl methyl sites for hydroxylation is 1. The van der Waals surface area contributed by atoms with Crippen molar-refractivity contribution in [3.05, 3.63) is 22.7 Å². The normalized spacial score (nSPS) is 9.87. The fraction of sp³-hybridized carbons (Fsp3) is 0.471. The SMILES string of the molecule is CC.CCC.Cc1c(C(=O)N=CN)sc2nccc(N(C)C)c12. The molecule has 23 heavy (non-hydrogen) atoms. The number of nitrogens with two attached hydrogens (primary N) is 1. The summed E-state index contributed by atoms with van der Waals surface area (Å²) in [6, 6.07) is 1.93. The minimum absolute atomic E-state index is 0.317. The van der Waals surface area contributed by atoms with Crippen molar-refractivity contribution in [3.63, 3.8) is 0 Å². The lowest BCUT2D eigenvalue weighted by Crippen LogP contribution is -2.09. The van der Waals surface area contributed by atoms with Crippen LogP contribution in [0, 0.1) is 6.92 Å². The summed E-state index contributed by atoms with van der Waals surface area (Å²) in [6.45, 7) is 10.2. The van der Waals surface area contributed by atoms with Crippen LogP contribution in [0.3, 0.4) is 0 Å². The number of carbonyl (C=O) groups excluding carboxylic acids is 1. The first-order valence-corrected chi connectivity index (χ1v) is 8.63. The van der Waals surface area contributed by atoms with E-state index in [0.29, 0.717) is 4.88 Å². The molecule has 2 aromatic heterocycles. The average molecular weight is 337 g/mol. The number of aliphatic imine (C=N–C) groups is 1. The minimum atomic E-state index is -0.317. The van der Waals surface area contributed by atoms with E-state index >= 15 is 0 Å². The lowest BCUT2D eigenvalue weighted by atomic mass is 10.1. The summed E-state index contributed by atoms with van der Waals surface area (Å²) in [5.41, 5.74) is 7.11. The number of anilines is 1. The Labute approximate surface area is 143 Å². The largest absolute Gasteiger partial charge is 0.390 e. The predicted molar refractivity (Wildman–Crippen MR) is 103 cm³/mol. The van der Waals surface area contributed by atoms with Gasteiger partial charge in [-0.25, -0.2) is 4.98 Å². The second-order valence-electron chi connectivity index (χ2n) is 4.75. The third-order valence-corrected chi connectivity index (χ3v) is 3.86. The van der Waals surface area contributed by atoms with Crippen LogP contribution >= 0.6 is 11.3 Å². The highest BCUT2D eigenvalue weighted by atomic mass is 32.1. The molecule has 0 unspecified atom stereocenters. The van der Waals surface area contributed by atoms with E-state index in [4.69, 9.17) is 5.73 Å². The average Bonchev–Trinajstić information content (AvgIpc) is 2.87. The molecule has 0 bridgehead atoms. The van der Waals surface area contributed by atoms with Crippen LogP contribution in [-0.4, -0.2) is 31.3 Å². The molecule has 1 amide bonds. The zero-order valence-electron chi connectivity index (χ0n) is 15.2. The number of amides is 1. The van der Waals surface area contributed by atoms with Gasteiger partial charge in [0.05, 0.1) is 6.34 Å². The van der Waals surface area contributed by atoms with Gasteiger partial charge in [-0.2, -0.15) is 4.99 Å². The molecule has 2 aromatic rings. The highest BCUT2D eigenvalue weighted by molar-refractivity contribution is 7.20.